The normalized spacial score (nSPS) is 21.0. The largest absolute Gasteiger partial charge is 0.345 e. The molecule has 1 aliphatic heterocycles. The topological polar surface area (TPSA) is 116 Å². The van der Waals surface area contributed by atoms with E-state index < -0.39 is 11.5 Å². The van der Waals surface area contributed by atoms with Crippen LogP contribution >= 0.6 is 11.6 Å². The highest BCUT2D eigenvalue weighted by Crippen LogP contribution is 2.51. The van der Waals surface area contributed by atoms with Crippen LogP contribution in [0.5, 0.6) is 0 Å². The second kappa shape index (κ2) is 13.2. The minimum atomic E-state index is -0.755. The summed E-state index contributed by atoms with van der Waals surface area (Å²) < 4.78 is 14.6. The van der Waals surface area contributed by atoms with Crippen LogP contribution < -0.4 is 5.32 Å². The highest BCUT2D eigenvalue weighted by molar-refractivity contribution is 6.47. The summed E-state index contributed by atoms with van der Waals surface area (Å²) in [5, 5.41) is 16.7. The molecule has 2 aromatic carbocycles. The van der Waals surface area contributed by atoms with Crippen LogP contribution in [0.1, 0.15) is 120 Å². The van der Waals surface area contributed by atoms with Gasteiger partial charge in [0.1, 0.15) is 17.2 Å². The van der Waals surface area contributed by atoms with Gasteiger partial charge in [0.25, 0.3) is 11.8 Å². The van der Waals surface area contributed by atoms with E-state index in [2.05, 4.69) is 67.5 Å². The molecule has 1 saturated carbocycles. The summed E-state index contributed by atoms with van der Waals surface area (Å²) in [5.41, 5.74) is 1.52. The van der Waals surface area contributed by atoms with Crippen LogP contribution in [0.4, 0.5) is 4.39 Å². The van der Waals surface area contributed by atoms with Crippen molar-refractivity contribution in [2.24, 2.45) is 21.7 Å². The van der Waals surface area contributed by atoms with E-state index in [0.717, 1.165) is 44.1 Å². The van der Waals surface area contributed by atoms with Crippen LogP contribution in [0.2, 0.25) is 5.02 Å². The zero-order chi connectivity index (χ0) is 33.3. The van der Waals surface area contributed by atoms with Crippen molar-refractivity contribution in [3.8, 4) is 0 Å². The predicted molar refractivity (Wildman–Crippen MR) is 177 cm³/mol. The third kappa shape index (κ3) is 7.32. The molecule has 246 valence electrons. The van der Waals surface area contributed by atoms with Crippen LogP contribution in [0, 0.1) is 22.6 Å². The first-order chi connectivity index (χ1) is 21.7. The van der Waals surface area contributed by atoms with Crippen LogP contribution in [0.15, 0.2) is 47.5 Å². The van der Waals surface area contributed by atoms with E-state index in [1.165, 1.54) is 12.1 Å². The molecular formula is C35H45ClFN7O2. The fourth-order valence-corrected chi connectivity index (χ4v) is 7.04. The van der Waals surface area contributed by atoms with Crippen molar-refractivity contribution in [1.82, 2.24) is 30.8 Å². The first-order valence-corrected chi connectivity index (χ1v) is 16.6. The predicted octanol–water partition coefficient (Wildman–Crippen LogP) is 7.44. The quantitative estimate of drug-likeness (QED) is 0.237. The maximum atomic E-state index is 14.6. The fourth-order valence-electron chi connectivity index (χ4n) is 6.82. The van der Waals surface area contributed by atoms with Gasteiger partial charge in [-0.25, -0.2) is 4.39 Å². The lowest BCUT2D eigenvalue weighted by molar-refractivity contribution is -0.134. The fraction of sp³-hybridized carbons (Fsp3) is 0.543. The number of aliphatic imine (C=N–C) groups is 1. The summed E-state index contributed by atoms with van der Waals surface area (Å²) in [4.78, 5) is 34.7. The minimum absolute atomic E-state index is 0.0196. The standard InChI is InChI=1S/C35H45ClFN7O2/c1-7-34(5,6)25-12-16-35(17-13-25)39-30(24-18-26(36)20-27(37)19-24)32(46)44(35)28(14-15-33(2,3)4)22-8-10-23(11-9-22)31(45)38-21-29-40-42-43-41-29/h8-11,18-20,25,28H,7,12-17,21H2,1-6H3,(H,38,45)(H,40,41,42,43)/t25?,28-,35?/m1/s1. The van der Waals surface area contributed by atoms with Crippen molar-refractivity contribution < 1.29 is 14.0 Å². The van der Waals surface area contributed by atoms with Gasteiger partial charge in [-0.05, 0) is 91.2 Å². The Morgan fingerprint density at radius 2 is 1.83 bits per heavy atom. The third-order valence-corrected chi connectivity index (χ3v) is 10.2. The number of aromatic amines is 1. The highest BCUT2D eigenvalue weighted by Gasteiger charge is 2.53. The van der Waals surface area contributed by atoms with E-state index in [9.17, 15) is 14.0 Å². The highest BCUT2D eigenvalue weighted by atomic mass is 35.5. The van der Waals surface area contributed by atoms with Gasteiger partial charge in [-0.1, -0.05) is 76.9 Å². The molecule has 2 N–H and O–H groups in total. The molecule has 1 aromatic heterocycles. The van der Waals surface area contributed by atoms with Crippen molar-refractivity contribution in [3.05, 3.63) is 75.8 Å². The van der Waals surface area contributed by atoms with Crippen LogP contribution in [-0.2, 0) is 11.3 Å². The summed E-state index contributed by atoms with van der Waals surface area (Å²) in [6, 6.07) is 11.3. The lowest BCUT2D eigenvalue weighted by Gasteiger charge is -2.48. The molecule has 1 aliphatic carbocycles. The van der Waals surface area contributed by atoms with Gasteiger partial charge in [0.2, 0.25) is 0 Å². The molecule has 2 amide bonds. The molecule has 2 aliphatic rings. The average molecular weight is 650 g/mol. The molecule has 5 rings (SSSR count). The molecule has 0 radical (unpaired) electrons. The molecule has 1 atom stereocenters. The molecule has 0 bridgehead atoms. The van der Waals surface area contributed by atoms with E-state index in [-0.39, 0.29) is 46.0 Å². The van der Waals surface area contributed by atoms with Gasteiger partial charge in [-0.3, -0.25) is 14.6 Å². The number of benzene rings is 2. The number of carbonyl (C=O) groups is 2. The number of hydrogen-bond acceptors (Lipinski definition) is 6. The Morgan fingerprint density at radius 3 is 2.41 bits per heavy atom. The summed E-state index contributed by atoms with van der Waals surface area (Å²) in [7, 11) is 0. The second-order valence-corrected chi connectivity index (χ2v) is 15.1. The number of nitrogens with one attached hydrogen (secondary N) is 2. The molecule has 2 heterocycles. The molecule has 3 aromatic rings. The van der Waals surface area contributed by atoms with Crippen molar-refractivity contribution in [3.63, 3.8) is 0 Å². The van der Waals surface area contributed by atoms with Gasteiger partial charge in [-0.15, -0.1) is 10.2 Å². The SMILES string of the molecule is CCC(C)(C)C1CCC2(CC1)N=C(c1cc(F)cc(Cl)c1)C(=O)N2[C@H](CCC(C)(C)C)c1ccc(C(=O)NCc2nn[nH]n2)cc1. The zero-order valence-electron chi connectivity index (χ0n) is 27.7. The molecule has 9 nitrogen and oxygen atoms in total. The summed E-state index contributed by atoms with van der Waals surface area (Å²) in [6.45, 7) is 13.6. The van der Waals surface area contributed by atoms with Crippen LogP contribution in [0.3, 0.4) is 0 Å². The number of halogens is 2. The Morgan fingerprint density at radius 1 is 1.13 bits per heavy atom. The van der Waals surface area contributed by atoms with Crippen LogP contribution in [-0.4, -0.2) is 48.7 Å². The lowest BCUT2D eigenvalue weighted by atomic mass is 9.67. The number of nitrogens with zero attached hydrogens (tertiary/aromatic N) is 5. The first kappa shape index (κ1) is 33.7. The van der Waals surface area contributed by atoms with E-state index in [4.69, 9.17) is 16.6 Å². The van der Waals surface area contributed by atoms with E-state index >= 15 is 0 Å². The minimum Gasteiger partial charge on any atom is -0.345 e. The average Bonchev–Trinajstić information content (AvgIpc) is 3.62. The molecular weight excluding hydrogens is 605 g/mol. The van der Waals surface area contributed by atoms with Gasteiger partial charge < -0.3 is 10.2 Å². The smallest absolute Gasteiger partial charge is 0.275 e. The maximum absolute atomic E-state index is 14.6. The summed E-state index contributed by atoms with van der Waals surface area (Å²) in [6.07, 6.45) is 5.97. The van der Waals surface area contributed by atoms with Gasteiger partial charge in [0, 0.05) is 16.1 Å². The van der Waals surface area contributed by atoms with Gasteiger partial charge >= 0.3 is 0 Å². The van der Waals surface area contributed by atoms with Crippen molar-refractivity contribution in [2.45, 2.75) is 105 Å². The van der Waals surface area contributed by atoms with E-state index in [1.807, 2.05) is 17.0 Å². The third-order valence-electron chi connectivity index (χ3n) is 9.96. The Hall–Kier alpha value is -3.66. The van der Waals surface area contributed by atoms with Gasteiger partial charge in [0.15, 0.2) is 5.82 Å². The summed E-state index contributed by atoms with van der Waals surface area (Å²) >= 11 is 6.26. The Balaban J connectivity index is 1.51. The number of H-pyrrole nitrogens is 1. The number of amides is 2. The molecule has 11 heteroatoms. The molecule has 0 unspecified atom stereocenters. The monoisotopic (exact) mass is 649 g/mol. The lowest BCUT2D eigenvalue weighted by Crippen LogP contribution is -2.51. The zero-order valence-corrected chi connectivity index (χ0v) is 28.4. The molecule has 0 saturated heterocycles. The van der Waals surface area contributed by atoms with E-state index in [1.54, 1.807) is 18.2 Å². The summed E-state index contributed by atoms with van der Waals surface area (Å²) in [5.74, 6) is -0.0763. The molecule has 1 fully saturated rings. The molecule has 46 heavy (non-hydrogen) atoms. The Kier molecular flexibility index (Phi) is 9.68. The Labute approximate surface area is 275 Å². The van der Waals surface area contributed by atoms with Gasteiger partial charge in [0.05, 0.1) is 12.6 Å². The van der Waals surface area contributed by atoms with Crippen LogP contribution in [0.25, 0.3) is 0 Å². The van der Waals surface area contributed by atoms with Crippen molar-refractivity contribution in [2.75, 3.05) is 0 Å². The second-order valence-electron chi connectivity index (χ2n) is 14.6. The molecule has 1 spiro atoms. The van der Waals surface area contributed by atoms with Gasteiger partial charge in [-0.2, -0.15) is 5.21 Å². The number of aromatic nitrogens is 4. The maximum Gasteiger partial charge on any atom is 0.275 e. The van der Waals surface area contributed by atoms with Crippen molar-refractivity contribution in [1.29, 1.82) is 0 Å². The first-order valence-electron chi connectivity index (χ1n) is 16.2. The number of tetrazole rings is 1. The Bertz CT molecular complexity index is 1550. The number of hydrogen-bond donors (Lipinski definition) is 2. The number of carbonyl (C=O) groups excluding carboxylic acids is 2. The van der Waals surface area contributed by atoms with Crippen molar-refractivity contribution >= 4 is 29.1 Å². The van der Waals surface area contributed by atoms with E-state index in [0.29, 0.717) is 29.3 Å². The number of rotatable bonds is 10.